The molecule has 0 aliphatic carbocycles. The van der Waals surface area contributed by atoms with Crippen LogP contribution in [-0.2, 0) is 6.42 Å². The van der Waals surface area contributed by atoms with Gasteiger partial charge in [0, 0.05) is 11.3 Å². The first-order valence-corrected chi connectivity index (χ1v) is 11.9. The number of anilines is 1. The Bertz CT molecular complexity index is 1510. The van der Waals surface area contributed by atoms with Crippen LogP contribution in [-0.4, -0.2) is 23.0 Å². The van der Waals surface area contributed by atoms with Crippen LogP contribution in [0.2, 0.25) is 0 Å². The second-order valence-electron chi connectivity index (χ2n) is 8.78. The number of fused-ring (bicyclic) bond motifs is 1. The number of aromatic nitrogens is 2. The van der Waals surface area contributed by atoms with Crippen LogP contribution in [0.25, 0.3) is 17.0 Å². The Hall–Kier alpha value is -4.66. The first kappa shape index (κ1) is 22.8. The third-order valence-corrected chi connectivity index (χ3v) is 6.58. The Balaban J connectivity index is 1.46. The predicted octanol–water partition coefficient (Wildman–Crippen LogP) is 5.87. The van der Waals surface area contributed by atoms with Crippen LogP contribution in [0.5, 0.6) is 11.5 Å². The minimum Gasteiger partial charge on any atom is -0.454 e. The number of carbonyl (C=O) groups excluding carboxylic acids is 1. The number of aryl methyl sites for hydroxylation is 1. The van der Waals surface area contributed by atoms with Crippen molar-refractivity contribution in [3.63, 3.8) is 0 Å². The number of carbonyl (C=O) groups is 1. The number of nitrogens with zero attached hydrogens (tertiary/aromatic N) is 3. The van der Waals surface area contributed by atoms with Gasteiger partial charge in [0.2, 0.25) is 12.6 Å². The summed E-state index contributed by atoms with van der Waals surface area (Å²) in [6.45, 7) is 4.07. The van der Waals surface area contributed by atoms with Crippen molar-refractivity contribution in [1.29, 1.82) is 0 Å². The SMILES string of the molecule is CCc1ccc(C2NC(=O)N(c3ccc(F)cc3)C(C)=C2c2nc(-c3ccc4c(c3)OCO4)no2)cc1. The first-order chi connectivity index (χ1) is 18.0. The fourth-order valence-corrected chi connectivity index (χ4v) is 4.60. The quantitative estimate of drug-likeness (QED) is 0.370. The minimum absolute atomic E-state index is 0.166. The highest BCUT2D eigenvalue weighted by molar-refractivity contribution is 6.01. The summed E-state index contributed by atoms with van der Waals surface area (Å²) in [4.78, 5) is 19.5. The minimum atomic E-state index is -0.528. The van der Waals surface area contributed by atoms with Crippen LogP contribution in [0.1, 0.15) is 36.9 Å². The summed E-state index contributed by atoms with van der Waals surface area (Å²) in [7, 11) is 0. The van der Waals surface area contributed by atoms with E-state index in [0.717, 1.165) is 12.0 Å². The summed E-state index contributed by atoms with van der Waals surface area (Å²) in [6, 6.07) is 18.3. The lowest BCUT2D eigenvalue weighted by molar-refractivity contribution is 0.174. The van der Waals surface area contributed by atoms with E-state index in [0.29, 0.717) is 39.8 Å². The average molecular weight is 499 g/mol. The normalized spacial score (nSPS) is 16.8. The molecule has 2 aliphatic heterocycles. The van der Waals surface area contributed by atoms with Crippen molar-refractivity contribution in [3.8, 4) is 22.9 Å². The molecule has 0 radical (unpaired) electrons. The number of urea groups is 1. The summed E-state index contributed by atoms with van der Waals surface area (Å²) in [5.41, 5.74) is 4.53. The third-order valence-electron chi connectivity index (χ3n) is 6.58. The molecule has 3 heterocycles. The molecular formula is C28H23FN4O4. The molecule has 0 saturated heterocycles. The highest BCUT2D eigenvalue weighted by Gasteiger charge is 2.36. The zero-order valence-electron chi connectivity index (χ0n) is 20.2. The van der Waals surface area contributed by atoms with Gasteiger partial charge in [-0.2, -0.15) is 4.98 Å². The van der Waals surface area contributed by atoms with Crippen LogP contribution >= 0.6 is 0 Å². The molecule has 1 atom stereocenters. The topological polar surface area (TPSA) is 89.7 Å². The predicted molar refractivity (Wildman–Crippen MR) is 134 cm³/mol. The van der Waals surface area contributed by atoms with Crippen molar-refractivity contribution >= 4 is 17.3 Å². The highest BCUT2D eigenvalue weighted by atomic mass is 19.1. The van der Waals surface area contributed by atoms with Crippen molar-refractivity contribution < 1.29 is 23.2 Å². The van der Waals surface area contributed by atoms with E-state index in [1.807, 2.05) is 37.3 Å². The van der Waals surface area contributed by atoms with E-state index in [1.54, 1.807) is 24.3 Å². The number of halogens is 1. The molecule has 1 aromatic heterocycles. The van der Waals surface area contributed by atoms with E-state index in [2.05, 4.69) is 22.4 Å². The molecule has 3 aromatic carbocycles. The molecule has 1 N–H and O–H groups in total. The van der Waals surface area contributed by atoms with Gasteiger partial charge in [-0.3, -0.25) is 4.90 Å². The van der Waals surface area contributed by atoms with E-state index in [4.69, 9.17) is 14.0 Å². The van der Waals surface area contributed by atoms with E-state index < -0.39 is 6.04 Å². The summed E-state index contributed by atoms with van der Waals surface area (Å²) >= 11 is 0. The van der Waals surface area contributed by atoms with E-state index in [9.17, 15) is 9.18 Å². The Morgan fingerprint density at radius 3 is 2.54 bits per heavy atom. The molecule has 2 aliphatic rings. The molecule has 4 aromatic rings. The van der Waals surface area contributed by atoms with Gasteiger partial charge in [-0.1, -0.05) is 36.3 Å². The van der Waals surface area contributed by atoms with Crippen molar-refractivity contribution in [2.75, 3.05) is 11.7 Å². The zero-order valence-corrected chi connectivity index (χ0v) is 20.2. The van der Waals surface area contributed by atoms with E-state index >= 15 is 0 Å². The highest BCUT2D eigenvalue weighted by Crippen LogP contribution is 2.40. The lowest BCUT2D eigenvalue weighted by atomic mass is 9.93. The number of allylic oxidation sites excluding steroid dienone is 1. The van der Waals surface area contributed by atoms with Crippen LogP contribution in [0.3, 0.4) is 0 Å². The van der Waals surface area contributed by atoms with Crippen molar-refractivity contribution in [1.82, 2.24) is 15.5 Å². The fourth-order valence-electron chi connectivity index (χ4n) is 4.60. The lowest BCUT2D eigenvalue weighted by Gasteiger charge is -2.35. The Kier molecular flexibility index (Phi) is 5.60. The van der Waals surface area contributed by atoms with Gasteiger partial charge in [0.25, 0.3) is 5.89 Å². The third kappa shape index (κ3) is 4.08. The monoisotopic (exact) mass is 498 g/mol. The standard InChI is InChI=1S/C28H23FN4O4/c1-3-17-4-6-18(7-5-17)25-24(16(2)33(28(34)30-25)21-11-9-20(29)10-12-21)27-31-26(32-37-27)19-8-13-22-23(14-19)36-15-35-22/h4-14,25H,3,15H2,1-2H3,(H,30,34). The maximum atomic E-state index is 13.6. The Morgan fingerprint density at radius 2 is 1.78 bits per heavy atom. The van der Waals surface area contributed by atoms with E-state index in [1.165, 1.54) is 22.6 Å². The van der Waals surface area contributed by atoms with Gasteiger partial charge in [-0.25, -0.2) is 9.18 Å². The summed E-state index contributed by atoms with van der Waals surface area (Å²) in [6.07, 6.45) is 0.903. The number of hydrogen-bond donors (Lipinski definition) is 1. The molecule has 0 spiro atoms. The Morgan fingerprint density at radius 1 is 1.03 bits per heavy atom. The number of hydrogen-bond acceptors (Lipinski definition) is 6. The summed E-state index contributed by atoms with van der Waals surface area (Å²) in [5, 5.41) is 7.27. The van der Waals surface area contributed by atoms with E-state index in [-0.39, 0.29) is 24.5 Å². The smallest absolute Gasteiger partial charge is 0.326 e. The second kappa shape index (κ2) is 9.09. The second-order valence-corrected chi connectivity index (χ2v) is 8.78. The molecule has 0 saturated carbocycles. The van der Waals surface area contributed by atoms with Crippen LogP contribution in [0.15, 0.2) is 77.0 Å². The van der Waals surface area contributed by atoms with Crippen molar-refractivity contribution in [2.45, 2.75) is 26.3 Å². The van der Waals surface area contributed by atoms with Gasteiger partial charge >= 0.3 is 6.03 Å². The molecule has 1 unspecified atom stereocenters. The molecule has 6 rings (SSSR count). The maximum absolute atomic E-state index is 13.6. The number of ether oxygens (including phenoxy) is 2. The summed E-state index contributed by atoms with van der Waals surface area (Å²) in [5.74, 6) is 1.52. The number of amides is 2. The average Bonchev–Trinajstić information content (AvgIpc) is 3.59. The van der Waals surface area contributed by atoms with Gasteiger partial charge < -0.3 is 19.3 Å². The molecule has 9 heteroatoms. The van der Waals surface area contributed by atoms with Crippen molar-refractivity contribution in [2.24, 2.45) is 0 Å². The Labute approximate surface area is 212 Å². The first-order valence-electron chi connectivity index (χ1n) is 11.9. The van der Waals surface area contributed by atoms with Gasteiger partial charge in [0.05, 0.1) is 17.3 Å². The van der Waals surface area contributed by atoms with Gasteiger partial charge in [0.15, 0.2) is 11.5 Å². The van der Waals surface area contributed by atoms with Crippen molar-refractivity contribution in [3.05, 3.63) is 95.3 Å². The van der Waals surface area contributed by atoms with Gasteiger partial charge in [0.1, 0.15) is 5.82 Å². The number of benzene rings is 3. The molecule has 0 fully saturated rings. The number of nitrogens with one attached hydrogen (secondary N) is 1. The molecule has 2 amide bonds. The lowest BCUT2D eigenvalue weighted by Crippen LogP contribution is -2.46. The van der Waals surface area contributed by atoms with Crippen LogP contribution in [0, 0.1) is 5.82 Å². The molecule has 8 nitrogen and oxygen atoms in total. The zero-order chi connectivity index (χ0) is 25.5. The molecule has 0 bridgehead atoms. The molecule has 186 valence electrons. The maximum Gasteiger partial charge on any atom is 0.326 e. The van der Waals surface area contributed by atoms with Gasteiger partial charge in [-0.05, 0) is 66.9 Å². The summed E-state index contributed by atoms with van der Waals surface area (Å²) < 4.78 is 30.2. The molecular weight excluding hydrogens is 475 g/mol. The van der Waals surface area contributed by atoms with Crippen LogP contribution in [0.4, 0.5) is 14.9 Å². The number of rotatable bonds is 5. The van der Waals surface area contributed by atoms with Gasteiger partial charge in [-0.15, -0.1) is 0 Å². The largest absolute Gasteiger partial charge is 0.454 e. The van der Waals surface area contributed by atoms with Crippen LogP contribution < -0.4 is 19.7 Å². The fraction of sp³-hybridized carbons (Fsp3) is 0.179. The molecule has 37 heavy (non-hydrogen) atoms.